The van der Waals surface area contributed by atoms with Crippen molar-refractivity contribution in [1.82, 2.24) is 4.90 Å². The predicted octanol–water partition coefficient (Wildman–Crippen LogP) is 2.20. The number of carbonyl (C=O) groups is 1. The number of hydrogen-bond acceptors (Lipinski definition) is 4. The molecule has 0 unspecified atom stereocenters. The fourth-order valence-corrected chi connectivity index (χ4v) is 3.80. The number of aliphatic hydroxyl groups excluding tert-OH is 1. The Morgan fingerprint density at radius 3 is 2.96 bits per heavy atom. The number of aryl methyl sites for hydroxylation is 1. The summed E-state index contributed by atoms with van der Waals surface area (Å²) in [6, 6.07) is 9.59. The molecule has 2 aliphatic rings. The van der Waals surface area contributed by atoms with Gasteiger partial charge >= 0.3 is 0 Å². The molecule has 0 saturated carbocycles. The summed E-state index contributed by atoms with van der Waals surface area (Å²) in [5.74, 6) is 1.53. The molecule has 0 radical (unpaired) electrons. The summed E-state index contributed by atoms with van der Waals surface area (Å²) in [6.45, 7) is 3.30. The number of ether oxygens (including phenoxy) is 1. The minimum atomic E-state index is -0.429. The van der Waals surface area contributed by atoms with E-state index in [1.54, 1.807) is 13.0 Å². The Morgan fingerprint density at radius 1 is 1.39 bits per heavy atom. The first-order valence-corrected chi connectivity index (χ1v) is 7.80. The molecule has 2 aromatic rings. The Morgan fingerprint density at radius 2 is 2.22 bits per heavy atom. The van der Waals surface area contributed by atoms with Gasteiger partial charge in [0.2, 0.25) is 0 Å². The first-order chi connectivity index (χ1) is 11.1. The van der Waals surface area contributed by atoms with E-state index in [0.29, 0.717) is 31.0 Å². The van der Waals surface area contributed by atoms with Crippen molar-refractivity contribution < 1.29 is 19.1 Å². The smallest absolute Gasteiger partial charge is 0.257 e. The maximum Gasteiger partial charge on any atom is 0.257 e. The second-order valence-corrected chi connectivity index (χ2v) is 6.48. The molecule has 0 aliphatic carbocycles. The van der Waals surface area contributed by atoms with E-state index in [2.05, 4.69) is 0 Å². The molecule has 23 heavy (non-hydrogen) atoms. The van der Waals surface area contributed by atoms with Crippen molar-refractivity contribution in [3.8, 4) is 5.75 Å². The molecule has 0 bridgehead atoms. The molecule has 4 rings (SSSR count). The van der Waals surface area contributed by atoms with Gasteiger partial charge in [-0.25, -0.2) is 0 Å². The van der Waals surface area contributed by atoms with Crippen LogP contribution in [0.2, 0.25) is 0 Å². The number of aliphatic hydroxyl groups is 1. The lowest BCUT2D eigenvalue weighted by atomic mass is 9.74. The summed E-state index contributed by atoms with van der Waals surface area (Å²) in [5.41, 5.74) is 1.24. The lowest BCUT2D eigenvalue weighted by molar-refractivity contribution is 0.0440. The van der Waals surface area contributed by atoms with Gasteiger partial charge in [-0.1, -0.05) is 18.2 Å². The van der Waals surface area contributed by atoms with Gasteiger partial charge in [0.15, 0.2) is 0 Å². The molecule has 5 heteroatoms. The van der Waals surface area contributed by atoms with E-state index >= 15 is 0 Å². The van der Waals surface area contributed by atoms with E-state index in [0.717, 1.165) is 11.3 Å². The van der Waals surface area contributed by atoms with Crippen LogP contribution in [0.4, 0.5) is 0 Å². The molecular formula is C18H19NO4. The number of fused-ring (bicyclic) bond motifs is 3. The molecule has 1 amide bonds. The Labute approximate surface area is 134 Å². The minimum Gasteiger partial charge on any atom is -0.493 e. The van der Waals surface area contributed by atoms with Gasteiger partial charge in [0, 0.05) is 19.0 Å². The Kier molecular flexibility index (Phi) is 3.20. The van der Waals surface area contributed by atoms with E-state index in [-0.39, 0.29) is 18.4 Å². The molecule has 1 fully saturated rings. The summed E-state index contributed by atoms with van der Waals surface area (Å²) < 4.78 is 11.1. The van der Waals surface area contributed by atoms with Crippen molar-refractivity contribution in [2.24, 2.45) is 5.41 Å². The zero-order valence-corrected chi connectivity index (χ0v) is 13.0. The van der Waals surface area contributed by atoms with Crippen LogP contribution in [0.1, 0.15) is 27.6 Å². The molecule has 120 valence electrons. The van der Waals surface area contributed by atoms with E-state index in [1.165, 1.54) is 6.26 Å². The maximum absolute atomic E-state index is 12.8. The van der Waals surface area contributed by atoms with E-state index in [1.807, 2.05) is 29.2 Å². The molecule has 2 aliphatic heterocycles. The Balaban J connectivity index is 1.69. The largest absolute Gasteiger partial charge is 0.493 e. The third kappa shape index (κ3) is 2.07. The third-order valence-corrected chi connectivity index (χ3v) is 5.15. The predicted molar refractivity (Wildman–Crippen MR) is 83.5 cm³/mol. The van der Waals surface area contributed by atoms with Gasteiger partial charge in [0.05, 0.1) is 30.5 Å². The highest BCUT2D eigenvalue weighted by molar-refractivity contribution is 5.95. The molecule has 3 heterocycles. The lowest BCUT2D eigenvalue weighted by Crippen LogP contribution is -2.42. The fraction of sp³-hybridized carbons (Fsp3) is 0.389. The number of para-hydroxylation sites is 1. The van der Waals surface area contributed by atoms with Crippen molar-refractivity contribution >= 4 is 5.91 Å². The average Bonchev–Trinajstić information content (AvgIpc) is 3.18. The van der Waals surface area contributed by atoms with Crippen molar-refractivity contribution in [2.45, 2.75) is 12.8 Å². The van der Waals surface area contributed by atoms with Crippen LogP contribution < -0.4 is 4.74 Å². The standard InChI is InChI=1S/C18H19NO4/c1-12-13(6-7-22-12)17(21)19-8-15-14-4-2-3-5-16(14)23-11-18(15,9-19)10-20/h2-7,15,20H,8-11H2,1H3/t15-,18-/m1/s1. The number of rotatable bonds is 2. The number of furan rings is 1. The second kappa shape index (κ2) is 5.13. The topological polar surface area (TPSA) is 62.9 Å². The Hall–Kier alpha value is -2.27. The maximum atomic E-state index is 12.8. The van der Waals surface area contributed by atoms with Crippen LogP contribution in [0, 0.1) is 12.3 Å². The zero-order valence-electron chi connectivity index (χ0n) is 13.0. The van der Waals surface area contributed by atoms with Crippen LogP contribution >= 0.6 is 0 Å². The van der Waals surface area contributed by atoms with Crippen LogP contribution in [0.5, 0.6) is 5.75 Å². The van der Waals surface area contributed by atoms with Crippen molar-refractivity contribution in [1.29, 1.82) is 0 Å². The molecular weight excluding hydrogens is 294 g/mol. The first-order valence-electron chi connectivity index (χ1n) is 7.80. The van der Waals surface area contributed by atoms with Gasteiger partial charge in [-0.3, -0.25) is 4.79 Å². The van der Waals surface area contributed by atoms with Gasteiger partial charge in [-0.15, -0.1) is 0 Å². The monoisotopic (exact) mass is 313 g/mol. The van der Waals surface area contributed by atoms with Crippen LogP contribution in [0.25, 0.3) is 0 Å². The number of nitrogens with zero attached hydrogens (tertiary/aromatic N) is 1. The van der Waals surface area contributed by atoms with Gasteiger partial charge in [0.1, 0.15) is 11.5 Å². The molecule has 1 aromatic carbocycles. The average molecular weight is 313 g/mol. The highest BCUT2D eigenvalue weighted by Crippen LogP contribution is 2.49. The first kappa shape index (κ1) is 14.3. The summed E-state index contributed by atoms with van der Waals surface area (Å²) >= 11 is 0. The molecule has 5 nitrogen and oxygen atoms in total. The quantitative estimate of drug-likeness (QED) is 0.923. The number of hydrogen-bond donors (Lipinski definition) is 1. The highest BCUT2D eigenvalue weighted by atomic mass is 16.5. The molecule has 1 N–H and O–H groups in total. The van der Waals surface area contributed by atoms with Gasteiger partial charge < -0.3 is 19.2 Å². The second-order valence-electron chi connectivity index (χ2n) is 6.48. The fourth-order valence-electron chi connectivity index (χ4n) is 3.80. The summed E-state index contributed by atoms with van der Waals surface area (Å²) in [5, 5.41) is 10.0. The van der Waals surface area contributed by atoms with E-state index < -0.39 is 5.41 Å². The van der Waals surface area contributed by atoms with Crippen molar-refractivity contribution in [3.05, 3.63) is 53.5 Å². The van der Waals surface area contributed by atoms with Gasteiger partial charge in [0.25, 0.3) is 5.91 Å². The third-order valence-electron chi connectivity index (χ3n) is 5.15. The number of amides is 1. The number of likely N-dealkylation sites (tertiary alicyclic amines) is 1. The van der Waals surface area contributed by atoms with Crippen LogP contribution in [0.15, 0.2) is 41.0 Å². The summed E-state index contributed by atoms with van der Waals surface area (Å²) in [6.07, 6.45) is 1.53. The Bertz CT molecular complexity index is 753. The lowest BCUT2D eigenvalue weighted by Gasteiger charge is -2.37. The van der Waals surface area contributed by atoms with Crippen molar-refractivity contribution in [3.63, 3.8) is 0 Å². The van der Waals surface area contributed by atoms with Gasteiger partial charge in [-0.05, 0) is 24.6 Å². The van der Waals surface area contributed by atoms with Crippen LogP contribution in [-0.2, 0) is 0 Å². The van der Waals surface area contributed by atoms with E-state index in [4.69, 9.17) is 9.15 Å². The van der Waals surface area contributed by atoms with Crippen LogP contribution in [-0.4, -0.2) is 42.2 Å². The molecule has 2 atom stereocenters. The normalized spacial score (nSPS) is 25.7. The number of carbonyl (C=O) groups excluding carboxylic acids is 1. The van der Waals surface area contributed by atoms with E-state index in [9.17, 15) is 9.90 Å². The molecule has 0 spiro atoms. The molecule has 1 saturated heterocycles. The summed E-state index contributed by atoms with van der Waals surface area (Å²) in [4.78, 5) is 14.6. The number of benzene rings is 1. The van der Waals surface area contributed by atoms with Crippen molar-refractivity contribution in [2.75, 3.05) is 26.3 Å². The van der Waals surface area contributed by atoms with Gasteiger partial charge in [-0.2, -0.15) is 0 Å². The summed E-state index contributed by atoms with van der Waals surface area (Å²) in [7, 11) is 0. The zero-order chi connectivity index (χ0) is 16.0. The van der Waals surface area contributed by atoms with Crippen LogP contribution in [0.3, 0.4) is 0 Å². The minimum absolute atomic E-state index is 0.000149. The highest BCUT2D eigenvalue weighted by Gasteiger charge is 2.52. The SMILES string of the molecule is Cc1occc1C(=O)N1C[C@@H]2c3ccccc3OC[C@]2(CO)C1. The molecule has 1 aromatic heterocycles.